The van der Waals surface area contributed by atoms with Crippen molar-refractivity contribution in [3.05, 3.63) is 102 Å². The average molecular weight is 339 g/mol. The molecule has 0 aromatic heterocycles. The number of hydrogen-bond donors (Lipinski definition) is 1. The minimum atomic E-state index is -0.124. The third kappa shape index (κ3) is 2.24. The Morgan fingerprint density at radius 1 is 0.808 bits per heavy atom. The molecule has 0 amide bonds. The number of hydrazine groups is 1. The molecule has 0 spiro atoms. The number of hydrogen-bond acceptors (Lipinski definition) is 3. The van der Waals surface area contributed by atoms with Crippen LogP contribution in [-0.4, -0.2) is 11.9 Å². The van der Waals surface area contributed by atoms with E-state index >= 15 is 0 Å². The fraction of sp³-hybridized carbons (Fsp3) is 0.174. The molecule has 2 aliphatic rings. The Labute approximate surface area is 154 Å². The first kappa shape index (κ1) is 15.2. The number of anilines is 1. The third-order valence-corrected chi connectivity index (χ3v) is 5.59. The van der Waals surface area contributed by atoms with Crippen molar-refractivity contribution in [2.45, 2.75) is 24.4 Å². The van der Waals surface area contributed by atoms with Crippen molar-refractivity contribution in [1.29, 1.82) is 0 Å². The van der Waals surface area contributed by atoms with Crippen LogP contribution in [0, 0.1) is 0 Å². The van der Waals surface area contributed by atoms with Gasteiger partial charge in [0.1, 0.15) is 11.4 Å². The topological polar surface area (TPSA) is 27.6 Å². The van der Waals surface area contributed by atoms with Gasteiger partial charge in [0.2, 0.25) is 0 Å². The van der Waals surface area contributed by atoms with Crippen molar-refractivity contribution >= 4 is 11.5 Å². The van der Waals surface area contributed by atoms with E-state index < -0.39 is 0 Å². The zero-order chi connectivity index (χ0) is 17.4. The molecule has 1 fully saturated rings. The van der Waals surface area contributed by atoms with Crippen LogP contribution in [0.4, 0.5) is 5.69 Å². The maximum atomic E-state index is 5.11. The van der Waals surface area contributed by atoms with Crippen molar-refractivity contribution in [1.82, 2.24) is 5.43 Å². The minimum absolute atomic E-state index is 0.124. The predicted molar refractivity (Wildman–Crippen MR) is 106 cm³/mol. The SMILES string of the molecule is c1ccc(C2=N[C@@H]3CC[C@]3(c3ccccc3)N(c3ccccc3)N2)cc1. The van der Waals surface area contributed by atoms with Crippen molar-refractivity contribution in [2.24, 2.45) is 4.99 Å². The number of fused-ring (bicyclic) bond motifs is 1. The van der Waals surface area contributed by atoms with Crippen LogP contribution in [0.5, 0.6) is 0 Å². The Kier molecular flexibility index (Phi) is 3.52. The van der Waals surface area contributed by atoms with Gasteiger partial charge in [-0.1, -0.05) is 78.9 Å². The monoisotopic (exact) mass is 339 g/mol. The summed E-state index contributed by atoms with van der Waals surface area (Å²) in [7, 11) is 0. The lowest BCUT2D eigenvalue weighted by atomic mass is 9.66. The smallest absolute Gasteiger partial charge is 0.147 e. The van der Waals surface area contributed by atoms with Gasteiger partial charge in [0.05, 0.1) is 11.7 Å². The molecule has 1 saturated carbocycles. The molecule has 1 heterocycles. The summed E-state index contributed by atoms with van der Waals surface area (Å²) in [4.78, 5) is 5.11. The Morgan fingerprint density at radius 3 is 2.04 bits per heavy atom. The highest BCUT2D eigenvalue weighted by atomic mass is 15.6. The number of aliphatic imine (C=N–C) groups is 1. The minimum Gasteiger partial charge on any atom is -0.281 e. The van der Waals surface area contributed by atoms with E-state index in [2.05, 4.69) is 95.4 Å². The maximum absolute atomic E-state index is 5.11. The second-order valence-corrected chi connectivity index (χ2v) is 6.97. The molecule has 3 heteroatoms. The van der Waals surface area contributed by atoms with Gasteiger partial charge < -0.3 is 0 Å². The highest BCUT2D eigenvalue weighted by Gasteiger charge is 2.55. The third-order valence-electron chi connectivity index (χ3n) is 5.59. The molecular weight excluding hydrogens is 318 g/mol. The van der Waals surface area contributed by atoms with Gasteiger partial charge in [0.25, 0.3) is 0 Å². The Bertz CT molecular complexity index is 921. The molecule has 3 aromatic rings. The number of rotatable bonds is 3. The zero-order valence-corrected chi connectivity index (χ0v) is 14.5. The summed E-state index contributed by atoms with van der Waals surface area (Å²) in [6, 6.07) is 32.0. The standard InChI is InChI=1S/C23H21N3/c1-4-10-18(11-5-1)22-24-21-16-17-23(21,19-12-6-2-7-13-19)26(25-22)20-14-8-3-9-15-20/h1-15,21H,16-17H2,(H,24,25)/t21-,23-/m1/s1. The van der Waals surface area contributed by atoms with Gasteiger partial charge in [-0.3, -0.25) is 15.4 Å². The number of nitrogens with one attached hydrogen (secondary N) is 1. The van der Waals surface area contributed by atoms with Gasteiger partial charge in [-0.05, 0) is 30.5 Å². The van der Waals surface area contributed by atoms with Crippen LogP contribution in [0.2, 0.25) is 0 Å². The molecule has 3 aromatic carbocycles. The summed E-state index contributed by atoms with van der Waals surface area (Å²) < 4.78 is 0. The summed E-state index contributed by atoms with van der Waals surface area (Å²) >= 11 is 0. The van der Waals surface area contributed by atoms with E-state index in [0.29, 0.717) is 0 Å². The van der Waals surface area contributed by atoms with Gasteiger partial charge in [-0.2, -0.15) is 0 Å². The quantitative estimate of drug-likeness (QED) is 0.760. The van der Waals surface area contributed by atoms with Crippen LogP contribution in [0.1, 0.15) is 24.0 Å². The molecular formula is C23H21N3. The summed E-state index contributed by atoms with van der Waals surface area (Å²) in [5.74, 6) is 0.950. The lowest BCUT2D eigenvalue weighted by molar-refractivity contribution is 0.166. The number of amidine groups is 1. The largest absolute Gasteiger partial charge is 0.281 e. The average Bonchev–Trinajstić information content (AvgIpc) is 2.71. The first-order valence-electron chi connectivity index (χ1n) is 9.19. The van der Waals surface area contributed by atoms with E-state index in [1.54, 1.807) is 0 Å². The molecule has 1 aliphatic carbocycles. The number of para-hydroxylation sites is 1. The second kappa shape index (κ2) is 6.03. The van der Waals surface area contributed by atoms with Crippen molar-refractivity contribution in [3.8, 4) is 0 Å². The van der Waals surface area contributed by atoms with Gasteiger partial charge in [0, 0.05) is 5.56 Å². The molecule has 0 saturated heterocycles. The normalized spacial score (nSPS) is 24.1. The van der Waals surface area contributed by atoms with Crippen LogP contribution in [0.15, 0.2) is 96.0 Å². The predicted octanol–water partition coefficient (Wildman–Crippen LogP) is 4.52. The van der Waals surface area contributed by atoms with E-state index in [1.807, 2.05) is 6.07 Å². The molecule has 128 valence electrons. The van der Waals surface area contributed by atoms with Crippen LogP contribution in [0.25, 0.3) is 0 Å². The number of nitrogens with zero attached hydrogens (tertiary/aromatic N) is 2. The van der Waals surface area contributed by atoms with Crippen molar-refractivity contribution in [2.75, 3.05) is 5.01 Å². The van der Waals surface area contributed by atoms with Crippen molar-refractivity contribution < 1.29 is 0 Å². The zero-order valence-electron chi connectivity index (χ0n) is 14.5. The molecule has 2 atom stereocenters. The highest BCUT2D eigenvalue weighted by Crippen LogP contribution is 2.51. The molecule has 0 radical (unpaired) electrons. The van der Waals surface area contributed by atoms with E-state index in [4.69, 9.17) is 4.99 Å². The van der Waals surface area contributed by atoms with Crippen molar-refractivity contribution in [3.63, 3.8) is 0 Å². The molecule has 5 rings (SSSR count). The van der Waals surface area contributed by atoms with Crippen LogP contribution >= 0.6 is 0 Å². The van der Waals surface area contributed by atoms with Gasteiger partial charge in [-0.15, -0.1) is 0 Å². The summed E-state index contributed by atoms with van der Waals surface area (Å²) in [5, 5.41) is 2.34. The molecule has 1 N–H and O–H groups in total. The summed E-state index contributed by atoms with van der Waals surface area (Å²) in [5.41, 5.74) is 7.14. The second-order valence-electron chi connectivity index (χ2n) is 6.97. The fourth-order valence-electron chi connectivity index (χ4n) is 4.17. The molecule has 0 unspecified atom stereocenters. The lowest BCUT2D eigenvalue weighted by Gasteiger charge is -2.58. The van der Waals surface area contributed by atoms with Crippen LogP contribution in [0.3, 0.4) is 0 Å². The molecule has 0 bridgehead atoms. The molecule has 1 aliphatic heterocycles. The van der Waals surface area contributed by atoms with Crippen LogP contribution in [-0.2, 0) is 5.54 Å². The highest BCUT2D eigenvalue weighted by molar-refractivity contribution is 6.00. The van der Waals surface area contributed by atoms with E-state index in [-0.39, 0.29) is 11.6 Å². The molecule has 3 nitrogen and oxygen atoms in total. The van der Waals surface area contributed by atoms with E-state index in [1.165, 1.54) is 11.3 Å². The lowest BCUT2D eigenvalue weighted by Crippen LogP contribution is -2.69. The van der Waals surface area contributed by atoms with Gasteiger partial charge >= 0.3 is 0 Å². The maximum Gasteiger partial charge on any atom is 0.147 e. The summed E-state index contributed by atoms with van der Waals surface area (Å²) in [6.07, 6.45) is 2.20. The number of benzene rings is 3. The Morgan fingerprint density at radius 2 is 1.42 bits per heavy atom. The first-order chi connectivity index (χ1) is 12.9. The van der Waals surface area contributed by atoms with Crippen LogP contribution < -0.4 is 10.4 Å². The van der Waals surface area contributed by atoms with Gasteiger partial charge in [-0.25, -0.2) is 0 Å². The van der Waals surface area contributed by atoms with Gasteiger partial charge in [0.15, 0.2) is 0 Å². The first-order valence-corrected chi connectivity index (χ1v) is 9.19. The van der Waals surface area contributed by atoms with E-state index in [9.17, 15) is 0 Å². The Balaban J connectivity index is 1.65. The summed E-state index contributed by atoms with van der Waals surface area (Å²) in [6.45, 7) is 0. The van der Waals surface area contributed by atoms with E-state index in [0.717, 1.165) is 24.2 Å². The Hall–Kier alpha value is -3.07. The fourth-order valence-corrected chi connectivity index (χ4v) is 4.17. The molecule has 26 heavy (non-hydrogen) atoms.